The number of hydrogen-bond donors (Lipinski definition) is 3. The Kier molecular flexibility index (Phi) is 6.33. The first-order valence-electron chi connectivity index (χ1n) is 11.6. The van der Waals surface area contributed by atoms with Crippen LogP contribution in [0.3, 0.4) is 0 Å². The van der Waals surface area contributed by atoms with Crippen molar-refractivity contribution in [3.8, 4) is 0 Å². The standard InChI is InChI=1S/C21H34O10S2/c1-19-8-5-14(31-33(27,28)29)11-13(19)3-4-15-16(19)6-9-20(2)17(15)7-10-21(20,23)18(22)12-30-32(24,25)26/h13-17,23H,3-12H2,1-2H3,(H,24,25,26)(H,27,28,29)/t13-,14-,15-,16+,17+,19+,20+,21+/m1/s1. The summed E-state index contributed by atoms with van der Waals surface area (Å²) >= 11 is 0. The van der Waals surface area contributed by atoms with Gasteiger partial charge in [0, 0.05) is 5.41 Å². The Morgan fingerprint density at radius 2 is 1.58 bits per heavy atom. The highest BCUT2D eigenvalue weighted by Gasteiger charge is 2.66. The molecular formula is C21H34O10S2. The summed E-state index contributed by atoms with van der Waals surface area (Å²) in [7, 11) is -9.26. The quantitative estimate of drug-likeness (QED) is 0.452. The molecule has 0 spiro atoms. The number of hydrogen-bond acceptors (Lipinski definition) is 8. The normalized spacial score (nSPS) is 45.7. The summed E-state index contributed by atoms with van der Waals surface area (Å²) in [6, 6.07) is 0. The van der Waals surface area contributed by atoms with Gasteiger partial charge >= 0.3 is 20.8 Å². The zero-order chi connectivity index (χ0) is 24.4. The fourth-order valence-corrected chi connectivity index (χ4v) is 8.97. The van der Waals surface area contributed by atoms with Crippen LogP contribution in [0.5, 0.6) is 0 Å². The van der Waals surface area contributed by atoms with E-state index in [1.165, 1.54) is 0 Å². The molecule has 4 aliphatic carbocycles. The average molecular weight is 511 g/mol. The van der Waals surface area contributed by atoms with E-state index in [0.29, 0.717) is 37.5 Å². The Hall–Kier alpha value is -0.630. The number of carbonyl (C=O) groups excluding carboxylic acids is 1. The van der Waals surface area contributed by atoms with Crippen LogP contribution in [0.15, 0.2) is 0 Å². The van der Waals surface area contributed by atoms with Crippen molar-refractivity contribution in [1.82, 2.24) is 0 Å². The summed E-state index contributed by atoms with van der Waals surface area (Å²) in [4.78, 5) is 12.8. The van der Waals surface area contributed by atoms with Crippen molar-refractivity contribution in [2.24, 2.45) is 34.5 Å². The van der Waals surface area contributed by atoms with Gasteiger partial charge in [-0.2, -0.15) is 16.8 Å². The molecule has 0 aromatic rings. The molecule has 0 saturated heterocycles. The third-order valence-corrected chi connectivity index (χ3v) is 10.8. The van der Waals surface area contributed by atoms with Crippen LogP contribution in [0.25, 0.3) is 0 Å². The van der Waals surface area contributed by atoms with Gasteiger partial charge in [-0.1, -0.05) is 13.8 Å². The van der Waals surface area contributed by atoms with Gasteiger partial charge in [0.1, 0.15) is 12.2 Å². The van der Waals surface area contributed by atoms with Crippen LogP contribution in [0.4, 0.5) is 0 Å². The van der Waals surface area contributed by atoms with Gasteiger partial charge in [0.05, 0.1) is 6.10 Å². The van der Waals surface area contributed by atoms with Crippen LogP contribution < -0.4 is 0 Å². The predicted octanol–water partition coefficient (Wildman–Crippen LogP) is 2.34. The Morgan fingerprint density at radius 1 is 0.909 bits per heavy atom. The van der Waals surface area contributed by atoms with Crippen LogP contribution in [0.2, 0.25) is 0 Å². The summed E-state index contributed by atoms with van der Waals surface area (Å²) in [6.07, 6.45) is 5.49. The zero-order valence-corrected chi connectivity index (χ0v) is 20.6. The highest BCUT2D eigenvalue weighted by atomic mass is 32.3. The second-order valence-corrected chi connectivity index (χ2v) is 13.2. The van der Waals surface area contributed by atoms with E-state index in [1.807, 2.05) is 6.92 Å². The van der Waals surface area contributed by atoms with Crippen molar-refractivity contribution in [3.05, 3.63) is 0 Å². The second kappa shape index (κ2) is 8.21. The average Bonchev–Trinajstić information content (AvgIpc) is 2.97. The molecule has 3 N–H and O–H groups in total. The molecule has 0 aliphatic heterocycles. The molecule has 4 aliphatic rings. The van der Waals surface area contributed by atoms with Crippen LogP contribution in [-0.2, 0) is 34.0 Å². The van der Waals surface area contributed by atoms with Crippen LogP contribution >= 0.6 is 0 Å². The van der Waals surface area contributed by atoms with E-state index in [4.69, 9.17) is 13.3 Å². The molecular weight excluding hydrogens is 476 g/mol. The van der Waals surface area contributed by atoms with Crippen molar-refractivity contribution in [2.45, 2.75) is 83.3 Å². The number of fused-ring (bicyclic) bond motifs is 5. The highest BCUT2D eigenvalue weighted by Crippen LogP contribution is 2.68. The Bertz CT molecular complexity index is 1010. The van der Waals surface area contributed by atoms with Crippen molar-refractivity contribution in [1.29, 1.82) is 0 Å². The molecule has 0 aromatic carbocycles. The lowest BCUT2D eigenvalue weighted by molar-refractivity contribution is -0.173. The van der Waals surface area contributed by atoms with E-state index in [9.17, 15) is 26.7 Å². The predicted molar refractivity (Wildman–Crippen MR) is 116 cm³/mol. The van der Waals surface area contributed by atoms with Crippen LogP contribution in [0, 0.1) is 34.5 Å². The van der Waals surface area contributed by atoms with E-state index < -0.39 is 50.3 Å². The third-order valence-electron chi connectivity index (χ3n) is 9.83. The molecule has 4 rings (SSSR count). The third kappa shape index (κ3) is 4.41. The van der Waals surface area contributed by atoms with E-state index in [2.05, 4.69) is 11.1 Å². The number of carbonyl (C=O) groups is 1. The van der Waals surface area contributed by atoms with E-state index in [0.717, 1.165) is 25.7 Å². The Morgan fingerprint density at radius 3 is 2.21 bits per heavy atom. The van der Waals surface area contributed by atoms with Crippen molar-refractivity contribution < 1.29 is 44.2 Å². The van der Waals surface area contributed by atoms with Crippen LogP contribution in [-0.4, -0.2) is 55.1 Å². The largest absolute Gasteiger partial charge is 0.397 e. The molecule has 0 amide bonds. The lowest BCUT2D eigenvalue weighted by Crippen LogP contribution is -2.59. The topological polar surface area (TPSA) is 164 Å². The Balaban J connectivity index is 1.51. The lowest BCUT2D eigenvalue weighted by atomic mass is 9.44. The van der Waals surface area contributed by atoms with E-state index >= 15 is 0 Å². The fraction of sp³-hybridized carbons (Fsp3) is 0.952. The van der Waals surface area contributed by atoms with Crippen LogP contribution in [0.1, 0.15) is 71.6 Å². The van der Waals surface area contributed by atoms with Crippen molar-refractivity contribution >= 4 is 26.6 Å². The minimum Gasteiger partial charge on any atom is -0.381 e. The maximum Gasteiger partial charge on any atom is 0.397 e. The summed E-state index contributed by atoms with van der Waals surface area (Å²) in [5.41, 5.74) is -2.42. The van der Waals surface area contributed by atoms with Gasteiger partial charge in [-0.05, 0) is 86.9 Å². The molecule has 0 aromatic heterocycles. The molecule has 4 fully saturated rings. The smallest absolute Gasteiger partial charge is 0.381 e. The molecule has 0 heterocycles. The van der Waals surface area contributed by atoms with Gasteiger partial charge in [-0.3, -0.25) is 13.9 Å². The molecule has 190 valence electrons. The first-order chi connectivity index (χ1) is 15.1. The molecule has 12 heteroatoms. The molecule has 10 nitrogen and oxygen atoms in total. The highest BCUT2D eigenvalue weighted by molar-refractivity contribution is 7.81. The molecule has 4 saturated carbocycles. The van der Waals surface area contributed by atoms with Crippen molar-refractivity contribution in [3.63, 3.8) is 0 Å². The van der Waals surface area contributed by atoms with E-state index in [1.54, 1.807) is 0 Å². The fourth-order valence-electron chi connectivity index (χ4n) is 8.20. The van der Waals surface area contributed by atoms with Gasteiger partial charge in [-0.25, -0.2) is 8.37 Å². The van der Waals surface area contributed by atoms with Gasteiger partial charge in [0.15, 0.2) is 5.78 Å². The molecule has 0 unspecified atom stereocenters. The number of rotatable bonds is 6. The minimum atomic E-state index is -4.78. The Labute approximate surface area is 195 Å². The van der Waals surface area contributed by atoms with Gasteiger partial charge in [0.25, 0.3) is 0 Å². The maximum absolute atomic E-state index is 12.8. The second-order valence-electron chi connectivity index (χ2n) is 11.0. The number of ketones is 1. The van der Waals surface area contributed by atoms with Gasteiger partial charge in [0.2, 0.25) is 0 Å². The summed E-state index contributed by atoms with van der Waals surface area (Å²) in [6.45, 7) is 3.28. The van der Waals surface area contributed by atoms with Crippen molar-refractivity contribution in [2.75, 3.05) is 6.61 Å². The van der Waals surface area contributed by atoms with Gasteiger partial charge < -0.3 is 5.11 Å². The summed E-state index contributed by atoms with van der Waals surface area (Å²) in [5.74, 6) is 0.321. The van der Waals surface area contributed by atoms with E-state index in [-0.39, 0.29) is 23.7 Å². The maximum atomic E-state index is 12.8. The molecule has 33 heavy (non-hydrogen) atoms. The monoisotopic (exact) mass is 510 g/mol. The molecule has 0 bridgehead atoms. The summed E-state index contributed by atoms with van der Waals surface area (Å²) < 4.78 is 71.2. The lowest BCUT2D eigenvalue weighted by Gasteiger charge is -2.61. The SMILES string of the molecule is C[C@]12CC[C@@H](OS(=O)(=O)O)C[C@H]1CC[C@@H]1[C@@H]2CC[C@@]2(C)[C@H]1CC[C@]2(O)C(=O)COS(=O)(=O)O. The van der Waals surface area contributed by atoms with Gasteiger partial charge in [-0.15, -0.1) is 0 Å². The number of Topliss-reactive ketones (excluding diaryl/α,β-unsaturated/α-hetero) is 1. The molecule has 8 atom stereocenters. The first kappa shape index (κ1) is 25.5. The number of aliphatic hydroxyl groups is 1. The minimum absolute atomic E-state index is 0.0118. The molecule has 0 radical (unpaired) electrons. The zero-order valence-electron chi connectivity index (χ0n) is 19.0. The summed E-state index contributed by atoms with van der Waals surface area (Å²) in [5, 5.41) is 11.4. The first-order valence-corrected chi connectivity index (χ1v) is 14.4.